The summed E-state index contributed by atoms with van der Waals surface area (Å²) in [6.07, 6.45) is 7.25. The van der Waals surface area contributed by atoms with Crippen LogP contribution in [-0.2, 0) is 6.54 Å². The van der Waals surface area contributed by atoms with Gasteiger partial charge in [-0.3, -0.25) is 4.68 Å². The summed E-state index contributed by atoms with van der Waals surface area (Å²) in [5.74, 6) is 0. The topological polar surface area (TPSA) is 43.8 Å². The van der Waals surface area contributed by atoms with Gasteiger partial charge < -0.3 is 5.73 Å². The standard InChI is InChI=1S/C11H16BrN3/c1-2-5-15-11(10(12)7-14-15)8-3-4-9(13)6-8/h6-7,9H,2-5,13H2,1H3. The van der Waals surface area contributed by atoms with Crippen molar-refractivity contribution < 1.29 is 0 Å². The Bertz CT molecular complexity index is 381. The van der Waals surface area contributed by atoms with E-state index < -0.39 is 0 Å². The molecule has 1 aliphatic rings. The summed E-state index contributed by atoms with van der Waals surface area (Å²) < 4.78 is 3.14. The van der Waals surface area contributed by atoms with Crippen molar-refractivity contribution in [1.82, 2.24) is 9.78 Å². The van der Waals surface area contributed by atoms with Crippen LogP contribution in [0, 0.1) is 0 Å². The van der Waals surface area contributed by atoms with Crippen LogP contribution in [0.4, 0.5) is 0 Å². The summed E-state index contributed by atoms with van der Waals surface area (Å²) >= 11 is 3.55. The average molecular weight is 270 g/mol. The summed E-state index contributed by atoms with van der Waals surface area (Å²) in [6, 6.07) is 0.219. The van der Waals surface area contributed by atoms with Gasteiger partial charge in [0.25, 0.3) is 0 Å². The molecule has 1 aromatic rings. The molecule has 1 atom stereocenters. The van der Waals surface area contributed by atoms with Crippen LogP contribution in [-0.4, -0.2) is 15.8 Å². The van der Waals surface area contributed by atoms with Crippen molar-refractivity contribution in [1.29, 1.82) is 0 Å². The van der Waals surface area contributed by atoms with Gasteiger partial charge in [-0.05, 0) is 40.8 Å². The molecular formula is C11H16BrN3. The Morgan fingerprint density at radius 3 is 3.07 bits per heavy atom. The van der Waals surface area contributed by atoms with E-state index in [-0.39, 0.29) is 6.04 Å². The van der Waals surface area contributed by atoms with Gasteiger partial charge in [0.1, 0.15) is 0 Å². The van der Waals surface area contributed by atoms with E-state index in [9.17, 15) is 0 Å². The Morgan fingerprint density at radius 1 is 1.67 bits per heavy atom. The predicted molar refractivity (Wildman–Crippen MR) is 65.4 cm³/mol. The lowest BCUT2D eigenvalue weighted by Gasteiger charge is -2.07. The zero-order valence-electron chi connectivity index (χ0n) is 8.91. The molecule has 0 aliphatic heterocycles. The first-order valence-electron chi connectivity index (χ1n) is 5.40. The summed E-state index contributed by atoms with van der Waals surface area (Å²) in [4.78, 5) is 0. The molecule has 1 heterocycles. The van der Waals surface area contributed by atoms with E-state index in [1.807, 2.05) is 6.20 Å². The Kier molecular flexibility index (Phi) is 3.26. The number of halogens is 1. The van der Waals surface area contributed by atoms with Crippen LogP contribution in [0.15, 0.2) is 16.7 Å². The molecule has 15 heavy (non-hydrogen) atoms. The highest BCUT2D eigenvalue weighted by Gasteiger charge is 2.19. The first kappa shape index (κ1) is 10.9. The Balaban J connectivity index is 2.33. The van der Waals surface area contributed by atoms with Crippen molar-refractivity contribution in [3.63, 3.8) is 0 Å². The number of aromatic nitrogens is 2. The van der Waals surface area contributed by atoms with Gasteiger partial charge in [-0.15, -0.1) is 0 Å². The minimum atomic E-state index is 0.219. The van der Waals surface area contributed by atoms with Gasteiger partial charge in [0.05, 0.1) is 16.4 Å². The number of hydrogen-bond acceptors (Lipinski definition) is 2. The third kappa shape index (κ3) is 2.16. The highest BCUT2D eigenvalue weighted by atomic mass is 79.9. The van der Waals surface area contributed by atoms with Crippen molar-refractivity contribution in [2.24, 2.45) is 5.73 Å². The number of nitrogens with zero attached hydrogens (tertiary/aromatic N) is 2. The fourth-order valence-corrected chi connectivity index (χ4v) is 2.56. The number of aryl methyl sites for hydroxylation is 1. The summed E-state index contributed by atoms with van der Waals surface area (Å²) in [7, 11) is 0. The normalized spacial score (nSPS) is 20.7. The summed E-state index contributed by atoms with van der Waals surface area (Å²) in [5.41, 5.74) is 8.43. The number of rotatable bonds is 3. The lowest BCUT2D eigenvalue weighted by atomic mass is 10.1. The zero-order valence-corrected chi connectivity index (χ0v) is 10.5. The van der Waals surface area contributed by atoms with Crippen LogP contribution >= 0.6 is 15.9 Å². The number of nitrogens with two attached hydrogens (primary N) is 1. The van der Waals surface area contributed by atoms with Crippen molar-refractivity contribution in [2.45, 2.75) is 38.8 Å². The van der Waals surface area contributed by atoms with E-state index in [0.29, 0.717) is 0 Å². The Hall–Kier alpha value is -0.610. The van der Waals surface area contributed by atoms with Gasteiger partial charge in [0, 0.05) is 12.6 Å². The fourth-order valence-electron chi connectivity index (χ4n) is 2.01. The minimum Gasteiger partial charge on any atom is -0.324 e. The van der Waals surface area contributed by atoms with E-state index >= 15 is 0 Å². The molecule has 1 aliphatic carbocycles. The second-order valence-electron chi connectivity index (χ2n) is 3.96. The molecule has 4 heteroatoms. The largest absolute Gasteiger partial charge is 0.324 e. The molecule has 0 spiro atoms. The maximum Gasteiger partial charge on any atom is 0.0781 e. The second-order valence-corrected chi connectivity index (χ2v) is 4.81. The molecule has 1 aromatic heterocycles. The van der Waals surface area contributed by atoms with Crippen LogP contribution < -0.4 is 5.73 Å². The van der Waals surface area contributed by atoms with Crippen LogP contribution in [0.5, 0.6) is 0 Å². The van der Waals surface area contributed by atoms with Crippen molar-refractivity contribution in [3.05, 3.63) is 22.4 Å². The van der Waals surface area contributed by atoms with E-state index in [1.54, 1.807) is 0 Å². The van der Waals surface area contributed by atoms with Crippen molar-refractivity contribution >= 4 is 21.5 Å². The van der Waals surface area contributed by atoms with Gasteiger partial charge in [-0.1, -0.05) is 13.0 Å². The second kappa shape index (κ2) is 4.49. The quantitative estimate of drug-likeness (QED) is 0.917. The van der Waals surface area contributed by atoms with Crippen molar-refractivity contribution in [3.8, 4) is 0 Å². The maximum absolute atomic E-state index is 5.88. The Labute approximate surface area is 98.5 Å². The molecule has 0 amide bonds. The van der Waals surface area contributed by atoms with Crippen LogP contribution in [0.25, 0.3) is 5.57 Å². The Morgan fingerprint density at radius 2 is 2.47 bits per heavy atom. The van der Waals surface area contributed by atoms with Crippen LogP contribution in [0.2, 0.25) is 0 Å². The highest BCUT2D eigenvalue weighted by molar-refractivity contribution is 9.10. The molecule has 2 rings (SSSR count). The fraction of sp³-hybridized carbons (Fsp3) is 0.545. The van der Waals surface area contributed by atoms with Crippen LogP contribution in [0.3, 0.4) is 0 Å². The van der Waals surface area contributed by atoms with E-state index in [0.717, 1.165) is 30.3 Å². The summed E-state index contributed by atoms with van der Waals surface area (Å²) in [6.45, 7) is 3.13. The van der Waals surface area contributed by atoms with Crippen LogP contribution in [0.1, 0.15) is 31.9 Å². The van der Waals surface area contributed by atoms with Gasteiger partial charge in [0.2, 0.25) is 0 Å². The first-order valence-corrected chi connectivity index (χ1v) is 6.19. The first-order chi connectivity index (χ1) is 7.22. The lowest BCUT2D eigenvalue weighted by molar-refractivity contribution is 0.595. The molecule has 82 valence electrons. The van der Waals surface area contributed by atoms with E-state index in [4.69, 9.17) is 5.73 Å². The minimum absolute atomic E-state index is 0.219. The molecule has 0 aromatic carbocycles. The number of allylic oxidation sites excluding steroid dienone is 1. The van der Waals surface area contributed by atoms with Gasteiger partial charge in [-0.2, -0.15) is 5.10 Å². The van der Waals surface area contributed by atoms with Gasteiger partial charge >= 0.3 is 0 Å². The molecule has 0 bridgehead atoms. The molecule has 0 saturated carbocycles. The molecule has 1 unspecified atom stereocenters. The van der Waals surface area contributed by atoms with Gasteiger partial charge in [-0.25, -0.2) is 0 Å². The third-order valence-corrected chi connectivity index (χ3v) is 3.28. The smallest absolute Gasteiger partial charge is 0.0781 e. The van der Waals surface area contributed by atoms with Crippen molar-refractivity contribution in [2.75, 3.05) is 0 Å². The lowest BCUT2D eigenvalue weighted by Crippen LogP contribution is -2.11. The molecule has 0 fully saturated rings. The molecule has 0 radical (unpaired) electrons. The highest BCUT2D eigenvalue weighted by Crippen LogP contribution is 2.32. The zero-order chi connectivity index (χ0) is 10.8. The SMILES string of the molecule is CCCn1ncc(Br)c1C1=CC(N)CC1. The maximum atomic E-state index is 5.88. The molecule has 0 saturated heterocycles. The molecular weight excluding hydrogens is 254 g/mol. The molecule has 2 N–H and O–H groups in total. The monoisotopic (exact) mass is 269 g/mol. The predicted octanol–water partition coefficient (Wildman–Crippen LogP) is 2.56. The average Bonchev–Trinajstić information content (AvgIpc) is 2.74. The summed E-state index contributed by atoms with van der Waals surface area (Å²) in [5, 5.41) is 4.36. The third-order valence-electron chi connectivity index (χ3n) is 2.70. The number of hydrogen-bond donors (Lipinski definition) is 1. The molecule has 3 nitrogen and oxygen atoms in total. The van der Waals surface area contributed by atoms with E-state index in [2.05, 4.69) is 38.7 Å². The van der Waals surface area contributed by atoms with Gasteiger partial charge in [0.15, 0.2) is 0 Å². The van der Waals surface area contributed by atoms with E-state index in [1.165, 1.54) is 11.3 Å².